The Morgan fingerprint density at radius 1 is 1.19 bits per heavy atom. The van der Waals surface area contributed by atoms with Crippen LogP contribution in [0.5, 0.6) is 5.75 Å². The maximum atomic E-state index is 12.2. The first-order valence-electron chi connectivity index (χ1n) is 8.55. The minimum atomic E-state index is -0.173. The lowest BCUT2D eigenvalue weighted by atomic mass is 9.93. The molecule has 0 saturated heterocycles. The third-order valence-electron chi connectivity index (χ3n) is 4.55. The van der Waals surface area contributed by atoms with Gasteiger partial charge in [0.05, 0.1) is 19.3 Å². The second-order valence-electron chi connectivity index (χ2n) is 6.16. The summed E-state index contributed by atoms with van der Waals surface area (Å²) in [5, 5.41) is 17.9. The van der Waals surface area contributed by atoms with Crippen LogP contribution in [0.25, 0.3) is 11.5 Å². The monoisotopic (exact) mass is 353 g/mol. The molecule has 3 aromatic rings. The van der Waals surface area contributed by atoms with Gasteiger partial charge >= 0.3 is 6.01 Å². The highest BCUT2D eigenvalue weighted by Crippen LogP contribution is 2.24. The molecule has 0 spiro atoms. The van der Waals surface area contributed by atoms with Crippen LogP contribution >= 0.6 is 0 Å². The molecule has 0 saturated carbocycles. The number of H-pyrrole nitrogens is 1. The van der Waals surface area contributed by atoms with Crippen LogP contribution in [0, 0.1) is 0 Å². The Hall–Kier alpha value is -3.16. The molecule has 0 atom stereocenters. The fourth-order valence-electron chi connectivity index (χ4n) is 3.16. The summed E-state index contributed by atoms with van der Waals surface area (Å²) in [6, 6.07) is 7.63. The molecule has 1 aliphatic carbocycles. The predicted octanol–water partition coefficient (Wildman–Crippen LogP) is 2.32. The van der Waals surface area contributed by atoms with E-state index in [-0.39, 0.29) is 11.6 Å². The van der Waals surface area contributed by atoms with Gasteiger partial charge in [-0.15, -0.1) is 5.10 Å². The molecule has 26 heavy (non-hydrogen) atoms. The topological polar surface area (TPSA) is 106 Å². The molecule has 0 unspecified atom stereocenters. The molecule has 134 valence electrons. The van der Waals surface area contributed by atoms with Crippen LogP contribution in [-0.4, -0.2) is 27.5 Å². The number of hydrogen-bond donors (Lipinski definition) is 2. The van der Waals surface area contributed by atoms with E-state index in [2.05, 4.69) is 25.7 Å². The summed E-state index contributed by atoms with van der Waals surface area (Å²) in [6.07, 6.45) is 3.96. The van der Waals surface area contributed by atoms with E-state index in [1.54, 1.807) is 7.11 Å². The zero-order valence-electron chi connectivity index (χ0n) is 14.4. The molecular formula is C18H19N5O3. The summed E-state index contributed by atoms with van der Waals surface area (Å²) in [6.45, 7) is 0.324. The molecule has 0 aliphatic heterocycles. The number of ether oxygens (including phenoxy) is 1. The Morgan fingerprint density at radius 3 is 2.81 bits per heavy atom. The van der Waals surface area contributed by atoms with Crippen LogP contribution < -0.4 is 15.6 Å². The molecule has 8 nitrogen and oxygen atoms in total. The number of nitrogens with zero attached hydrogens (tertiary/aromatic N) is 3. The maximum absolute atomic E-state index is 12.2. The van der Waals surface area contributed by atoms with Crippen molar-refractivity contribution >= 4 is 6.01 Å². The van der Waals surface area contributed by atoms with Gasteiger partial charge in [-0.1, -0.05) is 5.10 Å². The Balaban J connectivity index is 1.51. The predicted molar refractivity (Wildman–Crippen MR) is 95.1 cm³/mol. The minimum absolute atomic E-state index is 0.173. The van der Waals surface area contributed by atoms with Crippen molar-refractivity contribution in [3.05, 3.63) is 51.4 Å². The number of rotatable bonds is 5. The van der Waals surface area contributed by atoms with Gasteiger partial charge in [-0.25, -0.2) is 5.10 Å². The van der Waals surface area contributed by atoms with Gasteiger partial charge in [0.15, 0.2) is 0 Å². The highest BCUT2D eigenvalue weighted by Gasteiger charge is 2.18. The van der Waals surface area contributed by atoms with Gasteiger partial charge in [0.25, 0.3) is 5.56 Å². The first-order chi connectivity index (χ1) is 12.7. The lowest BCUT2D eigenvalue weighted by Gasteiger charge is -2.17. The highest BCUT2D eigenvalue weighted by atomic mass is 16.5. The quantitative estimate of drug-likeness (QED) is 0.725. The number of aromatic nitrogens is 4. The molecule has 0 bridgehead atoms. The molecule has 0 fully saturated rings. The summed E-state index contributed by atoms with van der Waals surface area (Å²) in [7, 11) is 1.61. The van der Waals surface area contributed by atoms with Crippen LogP contribution in [0.4, 0.5) is 6.01 Å². The highest BCUT2D eigenvalue weighted by molar-refractivity contribution is 5.54. The number of methoxy groups -OCH3 is 1. The van der Waals surface area contributed by atoms with Crippen molar-refractivity contribution < 1.29 is 9.15 Å². The van der Waals surface area contributed by atoms with E-state index in [1.807, 2.05) is 24.3 Å². The number of aromatic amines is 1. The average Bonchev–Trinajstić information content (AvgIpc) is 3.16. The van der Waals surface area contributed by atoms with Crippen LogP contribution in [0.2, 0.25) is 0 Å². The molecule has 1 aliphatic rings. The van der Waals surface area contributed by atoms with E-state index in [4.69, 9.17) is 9.15 Å². The van der Waals surface area contributed by atoms with E-state index in [9.17, 15) is 4.79 Å². The van der Waals surface area contributed by atoms with Crippen LogP contribution in [0.1, 0.15) is 29.7 Å². The van der Waals surface area contributed by atoms with Crippen molar-refractivity contribution in [1.82, 2.24) is 20.4 Å². The minimum Gasteiger partial charge on any atom is -0.497 e. The standard InChI is InChI=1S/C18H19N5O3/c1-25-12-8-6-11(7-9-12)17-22-23-18(26-17)19-10-14-13-4-2-3-5-15(13)20-21-16(14)24/h6-9H,2-5,10H2,1H3,(H,19,23)(H,21,24). The van der Waals surface area contributed by atoms with Gasteiger partial charge in [-0.3, -0.25) is 4.79 Å². The first-order valence-corrected chi connectivity index (χ1v) is 8.55. The maximum Gasteiger partial charge on any atom is 0.316 e. The summed E-state index contributed by atoms with van der Waals surface area (Å²) in [5.74, 6) is 1.16. The van der Waals surface area contributed by atoms with Crippen molar-refractivity contribution in [2.24, 2.45) is 0 Å². The summed E-state index contributed by atoms with van der Waals surface area (Å²) in [4.78, 5) is 12.2. The number of aryl methyl sites for hydroxylation is 1. The van der Waals surface area contributed by atoms with Crippen molar-refractivity contribution in [3.8, 4) is 17.2 Å². The number of anilines is 1. The SMILES string of the molecule is COc1ccc(-c2nnc(NCc3c4c(n[nH]c3=O)CCCC4)o2)cc1. The normalized spacial score (nSPS) is 13.3. The number of hydrogen-bond acceptors (Lipinski definition) is 7. The van der Waals surface area contributed by atoms with Crippen molar-refractivity contribution in [2.45, 2.75) is 32.2 Å². The smallest absolute Gasteiger partial charge is 0.316 e. The third kappa shape index (κ3) is 3.17. The fraction of sp³-hybridized carbons (Fsp3) is 0.333. The third-order valence-corrected chi connectivity index (χ3v) is 4.55. The van der Waals surface area contributed by atoms with E-state index < -0.39 is 0 Å². The summed E-state index contributed by atoms with van der Waals surface area (Å²) >= 11 is 0. The summed E-state index contributed by atoms with van der Waals surface area (Å²) in [5.41, 5.74) is 3.34. The molecule has 0 radical (unpaired) electrons. The average molecular weight is 353 g/mol. The molecule has 1 aromatic carbocycles. The van der Waals surface area contributed by atoms with E-state index in [1.165, 1.54) is 0 Å². The van der Waals surface area contributed by atoms with Gasteiger partial charge in [-0.2, -0.15) is 5.10 Å². The molecule has 4 rings (SSSR count). The van der Waals surface area contributed by atoms with E-state index >= 15 is 0 Å². The van der Waals surface area contributed by atoms with Gasteiger partial charge < -0.3 is 14.5 Å². The second-order valence-corrected chi connectivity index (χ2v) is 6.16. The number of fused-ring (bicyclic) bond motifs is 1. The molecule has 8 heteroatoms. The zero-order chi connectivity index (χ0) is 17.9. The van der Waals surface area contributed by atoms with Crippen molar-refractivity contribution in [1.29, 1.82) is 0 Å². The first kappa shape index (κ1) is 16.3. The van der Waals surface area contributed by atoms with Crippen LogP contribution in [0.15, 0.2) is 33.5 Å². The molecule has 2 heterocycles. The Bertz CT molecular complexity index is 962. The largest absolute Gasteiger partial charge is 0.497 e. The second kappa shape index (κ2) is 6.99. The van der Waals surface area contributed by atoms with Gasteiger partial charge in [0.2, 0.25) is 5.89 Å². The Morgan fingerprint density at radius 2 is 2.00 bits per heavy atom. The zero-order valence-corrected chi connectivity index (χ0v) is 14.4. The van der Waals surface area contributed by atoms with E-state index in [0.29, 0.717) is 18.0 Å². The number of nitrogens with one attached hydrogen (secondary N) is 2. The molecule has 2 aromatic heterocycles. The Kier molecular flexibility index (Phi) is 4.39. The lowest BCUT2D eigenvalue weighted by Crippen LogP contribution is -2.24. The Labute approximate surface area is 149 Å². The van der Waals surface area contributed by atoms with Crippen molar-refractivity contribution in [3.63, 3.8) is 0 Å². The van der Waals surface area contributed by atoms with Crippen LogP contribution in [0.3, 0.4) is 0 Å². The van der Waals surface area contributed by atoms with Gasteiger partial charge in [-0.05, 0) is 55.5 Å². The molecular weight excluding hydrogens is 334 g/mol. The van der Waals surface area contributed by atoms with Gasteiger partial charge in [0.1, 0.15) is 5.75 Å². The van der Waals surface area contributed by atoms with E-state index in [0.717, 1.165) is 48.3 Å². The molecule has 2 N–H and O–H groups in total. The van der Waals surface area contributed by atoms with Crippen LogP contribution in [-0.2, 0) is 19.4 Å². The van der Waals surface area contributed by atoms with Gasteiger partial charge in [0, 0.05) is 11.1 Å². The van der Waals surface area contributed by atoms with Crippen molar-refractivity contribution in [2.75, 3.05) is 12.4 Å². The number of benzene rings is 1. The molecule has 0 amide bonds. The lowest BCUT2D eigenvalue weighted by molar-refractivity contribution is 0.415. The fourth-order valence-corrected chi connectivity index (χ4v) is 3.16. The summed E-state index contributed by atoms with van der Waals surface area (Å²) < 4.78 is 10.8.